The lowest BCUT2D eigenvalue weighted by Gasteiger charge is -2.15. The summed E-state index contributed by atoms with van der Waals surface area (Å²) in [5, 5.41) is -0.491. The third-order valence-corrected chi connectivity index (χ3v) is 5.32. The molecule has 3 rings (SSSR count). The predicted octanol–water partition coefficient (Wildman–Crippen LogP) is 2.30. The quantitative estimate of drug-likeness (QED) is 0.803. The van der Waals surface area contributed by atoms with E-state index >= 15 is 0 Å². The number of esters is 1. The van der Waals surface area contributed by atoms with Gasteiger partial charge in [-0.25, -0.2) is 13.2 Å². The number of hydrogen-bond donors (Lipinski definition) is 0. The van der Waals surface area contributed by atoms with Crippen LogP contribution >= 0.6 is 0 Å². The van der Waals surface area contributed by atoms with Crippen LogP contribution in [0.2, 0.25) is 0 Å². The van der Waals surface area contributed by atoms with Crippen molar-refractivity contribution in [2.75, 3.05) is 12.9 Å². The number of allylic oxidation sites excluding steroid dienone is 2. The highest BCUT2D eigenvalue weighted by Crippen LogP contribution is 2.33. The molecule has 1 aliphatic carbocycles. The molecule has 5 heteroatoms. The first-order valence-corrected chi connectivity index (χ1v) is 8.95. The molecule has 0 saturated heterocycles. The summed E-state index contributed by atoms with van der Waals surface area (Å²) in [6.07, 6.45) is 6.98. The van der Waals surface area contributed by atoms with Crippen LogP contribution in [0, 0.1) is 0 Å². The van der Waals surface area contributed by atoms with E-state index < -0.39 is 15.1 Å². The van der Waals surface area contributed by atoms with E-state index in [1.54, 1.807) is 12.2 Å². The van der Waals surface area contributed by atoms with Gasteiger partial charge in [0.15, 0.2) is 9.84 Å². The predicted molar refractivity (Wildman–Crippen MR) is 84.8 cm³/mol. The van der Waals surface area contributed by atoms with E-state index in [4.69, 9.17) is 4.74 Å². The second-order valence-electron chi connectivity index (χ2n) is 5.42. The number of benzene rings is 1. The standard InChI is InChI=1S/C17H16O4S/c1-22(19,20)14-9-7-12(8-10-14)15-11-21-17(18)16(15)13-5-3-2-4-6-13/h2-9,14H,10-11H2,1H3. The SMILES string of the molecule is CS(=O)(=O)C1C=CC(C2=C(c3ccccc3)C(=O)OC2)=CC1. The zero-order chi connectivity index (χ0) is 15.7. The summed E-state index contributed by atoms with van der Waals surface area (Å²) in [5.74, 6) is -0.333. The fourth-order valence-electron chi connectivity index (χ4n) is 2.67. The van der Waals surface area contributed by atoms with Crippen molar-refractivity contribution in [3.63, 3.8) is 0 Å². The van der Waals surface area contributed by atoms with Crippen LogP contribution < -0.4 is 0 Å². The summed E-state index contributed by atoms with van der Waals surface area (Å²) >= 11 is 0. The molecule has 22 heavy (non-hydrogen) atoms. The maximum Gasteiger partial charge on any atom is 0.339 e. The zero-order valence-corrected chi connectivity index (χ0v) is 13.0. The second-order valence-corrected chi connectivity index (χ2v) is 7.68. The number of carbonyl (C=O) groups excluding carboxylic acids is 1. The highest BCUT2D eigenvalue weighted by atomic mass is 32.2. The normalized spacial score (nSPS) is 21.8. The van der Waals surface area contributed by atoms with Crippen LogP contribution in [-0.2, 0) is 19.4 Å². The van der Waals surface area contributed by atoms with E-state index in [1.807, 2.05) is 36.4 Å². The van der Waals surface area contributed by atoms with Gasteiger partial charge in [0.05, 0.1) is 10.8 Å². The molecule has 1 unspecified atom stereocenters. The van der Waals surface area contributed by atoms with Crippen molar-refractivity contribution in [1.29, 1.82) is 0 Å². The van der Waals surface area contributed by atoms with Crippen LogP contribution in [-0.4, -0.2) is 32.5 Å². The van der Waals surface area contributed by atoms with Crippen LogP contribution in [0.5, 0.6) is 0 Å². The van der Waals surface area contributed by atoms with E-state index in [0.29, 0.717) is 12.0 Å². The molecule has 0 aromatic heterocycles. The Morgan fingerprint density at radius 3 is 2.50 bits per heavy atom. The van der Waals surface area contributed by atoms with Crippen LogP contribution in [0.25, 0.3) is 5.57 Å². The van der Waals surface area contributed by atoms with E-state index in [9.17, 15) is 13.2 Å². The molecular formula is C17H16O4S. The average Bonchev–Trinajstić information content (AvgIpc) is 2.89. The summed E-state index contributed by atoms with van der Waals surface area (Å²) in [6, 6.07) is 9.37. The van der Waals surface area contributed by atoms with Gasteiger partial charge in [-0.15, -0.1) is 0 Å². The summed E-state index contributed by atoms with van der Waals surface area (Å²) in [4.78, 5) is 12.0. The minimum atomic E-state index is -3.09. The number of hydrogen-bond acceptors (Lipinski definition) is 4. The third kappa shape index (κ3) is 2.76. The minimum Gasteiger partial charge on any atom is -0.457 e. The Morgan fingerprint density at radius 2 is 1.91 bits per heavy atom. The van der Waals surface area contributed by atoms with Crippen molar-refractivity contribution in [2.24, 2.45) is 0 Å². The van der Waals surface area contributed by atoms with Crippen molar-refractivity contribution in [3.8, 4) is 0 Å². The third-order valence-electron chi connectivity index (χ3n) is 3.87. The number of carbonyl (C=O) groups is 1. The van der Waals surface area contributed by atoms with Crippen LogP contribution in [0.3, 0.4) is 0 Å². The van der Waals surface area contributed by atoms with Crippen molar-refractivity contribution < 1.29 is 17.9 Å². The van der Waals surface area contributed by atoms with Crippen molar-refractivity contribution in [1.82, 2.24) is 0 Å². The van der Waals surface area contributed by atoms with Crippen LogP contribution in [0.15, 0.2) is 59.7 Å². The van der Waals surface area contributed by atoms with Gasteiger partial charge in [0.2, 0.25) is 0 Å². The Labute approximate surface area is 129 Å². The fraction of sp³-hybridized carbons (Fsp3) is 0.235. The fourth-order valence-corrected chi connectivity index (χ4v) is 3.48. The molecule has 0 fully saturated rings. The largest absolute Gasteiger partial charge is 0.457 e. The van der Waals surface area contributed by atoms with Crippen molar-refractivity contribution in [2.45, 2.75) is 11.7 Å². The lowest BCUT2D eigenvalue weighted by Crippen LogP contribution is -2.18. The maximum atomic E-state index is 12.0. The Morgan fingerprint density at radius 1 is 1.18 bits per heavy atom. The van der Waals surface area contributed by atoms with Gasteiger partial charge in [-0.1, -0.05) is 48.6 Å². The molecule has 0 radical (unpaired) electrons. The first-order chi connectivity index (χ1) is 10.5. The summed E-state index contributed by atoms with van der Waals surface area (Å²) < 4.78 is 28.3. The molecule has 0 saturated carbocycles. The highest BCUT2D eigenvalue weighted by Gasteiger charge is 2.29. The van der Waals surface area contributed by atoms with Gasteiger partial charge in [0.25, 0.3) is 0 Å². The molecule has 1 aliphatic heterocycles. The Hall–Kier alpha value is -2.14. The number of rotatable bonds is 3. The average molecular weight is 316 g/mol. The van der Waals surface area contributed by atoms with Crippen LogP contribution in [0.1, 0.15) is 12.0 Å². The molecule has 0 bridgehead atoms. The molecule has 1 heterocycles. The van der Waals surface area contributed by atoms with E-state index in [-0.39, 0.29) is 12.6 Å². The smallest absolute Gasteiger partial charge is 0.339 e. The van der Waals surface area contributed by atoms with E-state index in [2.05, 4.69) is 0 Å². The minimum absolute atomic E-state index is 0.225. The van der Waals surface area contributed by atoms with E-state index in [1.165, 1.54) is 6.26 Å². The van der Waals surface area contributed by atoms with Gasteiger partial charge in [-0.3, -0.25) is 0 Å². The van der Waals surface area contributed by atoms with Gasteiger partial charge in [-0.05, 0) is 17.6 Å². The number of ether oxygens (including phenoxy) is 1. The molecule has 1 aromatic rings. The van der Waals surface area contributed by atoms with Gasteiger partial charge in [0, 0.05) is 11.8 Å². The summed E-state index contributed by atoms with van der Waals surface area (Å²) in [6.45, 7) is 0.225. The first kappa shape index (κ1) is 14.8. The molecule has 0 amide bonds. The van der Waals surface area contributed by atoms with Crippen molar-refractivity contribution in [3.05, 3.63) is 65.3 Å². The van der Waals surface area contributed by atoms with Gasteiger partial charge < -0.3 is 4.74 Å². The van der Waals surface area contributed by atoms with Crippen LogP contribution in [0.4, 0.5) is 0 Å². The lowest BCUT2D eigenvalue weighted by molar-refractivity contribution is -0.134. The van der Waals surface area contributed by atoms with Gasteiger partial charge in [0.1, 0.15) is 6.61 Å². The molecule has 2 aliphatic rings. The molecule has 114 valence electrons. The topological polar surface area (TPSA) is 60.4 Å². The zero-order valence-electron chi connectivity index (χ0n) is 12.2. The van der Waals surface area contributed by atoms with Crippen molar-refractivity contribution >= 4 is 21.4 Å². The Kier molecular flexibility index (Phi) is 3.74. The van der Waals surface area contributed by atoms with E-state index in [0.717, 1.165) is 16.7 Å². The number of sulfone groups is 1. The Balaban J connectivity index is 1.97. The van der Waals surface area contributed by atoms with Gasteiger partial charge >= 0.3 is 5.97 Å². The maximum absolute atomic E-state index is 12.0. The molecular weight excluding hydrogens is 300 g/mol. The molecule has 0 N–H and O–H groups in total. The molecule has 1 aromatic carbocycles. The highest BCUT2D eigenvalue weighted by molar-refractivity contribution is 7.91. The monoisotopic (exact) mass is 316 g/mol. The van der Waals surface area contributed by atoms with Gasteiger partial charge in [-0.2, -0.15) is 0 Å². The first-order valence-electron chi connectivity index (χ1n) is 7.00. The molecule has 1 atom stereocenters. The number of cyclic esters (lactones) is 1. The molecule has 0 spiro atoms. The summed E-state index contributed by atoms with van der Waals surface area (Å²) in [5.41, 5.74) is 3.07. The summed E-state index contributed by atoms with van der Waals surface area (Å²) in [7, 11) is -3.09. The Bertz CT molecular complexity index is 798. The second kappa shape index (κ2) is 5.57. The molecule has 4 nitrogen and oxygen atoms in total. The lowest BCUT2D eigenvalue weighted by atomic mass is 9.93.